The van der Waals surface area contributed by atoms with Crippen molar-refractivity contribution in [1.82, 2.24) is 4.90 Å². The van der Waals surface area contributed by atoms with Gasteiger partial charge in [-0.15, -0.1) is 0 Å². The minimum atomic E-state index is -0.690. The Morgan fingerprint density at radius 1 is 1.50 bits per heavy atom. The van der Waals surface area contributed by atoms with Crippen LogP contribution in [0.25, 0.3) is 0 Å². The van der Waals surface area contributed by atoms with Crippen LogP contribution in [0.15, 0.2) is 11.3 Å². The lowest BCUT2D eigenvalue weighted by Crippen LogP contribution is -2.41. The zero-order valence-electron chi connectivity index (χ0n) is 7.69. The van der Waals surface area contributed by atoms with Gasteiger partial charge in [0.1, 0.15) is 0 Å². The topological polar surface area (TPSA) is 83.6 Å². The number of piperidine rings is 1. The Balaban J connectivity index is 2.37. The summed E-state index contributed by atoms with van der Waals surface area (Å²) in [6, 6.07) is -0.284. The van der Waals surface area contributed by atoms with E-state index in [1.165, 1.54) is 4.90 Å². The van der Waals surface area contributed by atoms with Gasteiger partial charge in [0.2, 0.25) is 0 Å². The van der Waals surface area contributed by atoms with E-state index in [1.807, 2.05) is 0 Å². The van der Waals surface area contributed by atoms with Gasteiger partial charge in [0, 0.05) is 6.54 Å². The molecule has 2 amide bonds. The lowest BCUT2D eigenvalue weighted by atomic mass is 9.98. The van der Waals surface area contributed by atoms with E-state index in [4.69, 9.17) is 5.73 Å². The molecule has 14 heavy (non-hydrogen) atoms. The van der Waals surface area contributed by atoms with Gasteiger partial charge < -0.3 is 15.7 Å². The first-order chi connectivity index (χ1) is 6.63. The van der Waals surface area contributed by atoms with Crippen LogP contribution >= 0.6 is 0 Å². The molecule has 0 aromatic heterocycles. The van der Waals surface area contributed by atoms with E-state index in [2.05, 4.69) is 0 Å². The highest BCUT2D eigenvalue weighted by molar-refractivity contribution is 6.07. The minimum Gasteiger partial charge on any atom is -0.503 e. The summed E-state index contributed by atoms with van der Waals surface area (Å²) in [7, 11) is 0. The number of carbonyl (C=O) groups excluding carboxylic acids is 2. The number of hydrogen-bond acceptors (Lipinski definition) is 3. The van der Waals surface area contributed by atoms with Crippen LogP contribution in [0.5, 0.6) is 0 Å². The van der Waals surface area contributed by atoms with Gasteiger partial charge in [-0.1, -0.05) is 0 Å². The van der Waals surface area contributed by atoms with Gasteiger partial charge in [0.15, 0.2) is 5.76 Å². The first-order valence-corrected chi connectivity index (χ1v) is 4.67. The maximum Gasteiger partial charge on any atom is 0.289 e. The lowest BCUT2D eigenvalue weighted by molar-refractivity contribution is -0.130. The molecular formula is C9H12N2O3. The van der Waals surface area contributed by atoms with Gasteiger partial charge in [-0.3, -0.25) is 9.59 Å². The van der Waals surface area contributed by atoms with Crippen molar-refractivity contribution in [3.63, 3.8) is 0 Å². The Morgan fingerprint density at radius 2 is 2.21 bits per heavy atom. The molecule has 2 aliphatic rings. The van der Waals surface area contributed by atoms with E-state index < -0.39 is 17.6 Å². The number of carbonyl (C=O) groups is 2. The summed E-state index contributed by atoms with van der Waals surface area (Å²) in [6.45, 7) is 0.602. The Bertz CT molecular complexity index is 335. The van der Waals surface area contributed by atoms with Gasteiger partial charge in [0.25, 0.3) is 11.8 Å². The summed E-state index contributed by atoms with van der Waals surface area (Å²) in [4.78, 5) is 24.0. The number of hydrogen-bond donors (Lipinski definition) is 2. The second-order valence-electron chi connectivity index (χ2n) is 3.64. The normalized spacial score (nSPS) is 26.7. The predicted octanol–water partition coefficient (Wildman–Crippen LogP) is -0.322. The molecule has 2 aliphatic heterocycles. The van der Waals surface area contributed by atoms with E-state index >= 15 is 0 Å². The van der Waals surface area contributed by atoms with E-state index in [1.54, 1.807) is 0 Å². The van der Waals surface area contributed by atoms with Crippen molar-refractivity contribution in [2.75, 3.05) is 6.54 Å². The molecule has 1 fully saturated rings. The van der Waals surface area contributed by atoms with Crippen LogP contribution in [-0.4, -0.2) is 34.4 Å². The van der Waals surface area contributed by atoms with Crippen LogP contribution in [-0.2, 0) is 9.59 Å². The highest BCUT2D eigenvalue weighted by Crippen LogP contribution is 2.31. The highest BCUT2D eigenvalue weighted by atomic mass is 16.3. The van der Waals surface area contributed by atoms with Gasteiger partial charge >= 0.3 is 0 Å². The first kappa shape index (κ1) is 9.05. The number of nitrogens with zero attached hydrogens (tertiary/aromatic N) is 1. The van der Waals surface area contributed by atoms with Crippen molar-refractivity contribution in [1.29, 1.82) is 0 Å². The smallest absolute Gasteiger partial charge is 0.289 e. The number of aliphatic hydroxyl groups excluding tert-OH is 1. The molecular weight excluding hydrogens is 184 g/mol. The van der Waals surface area contributed by atoms with Gasteiger partial charge in [0.05, 0.1) is 11.6 Å². The second-order valence-corrected chi connectivity index (χ2v) is 3.64. The van der Waals surface area contributed by atoms with Crippen molar-refractivity contribution in [2.45, 2.75) is 25.3 Å². The Labute approximate surface area is 81.2 Å². The van der Waals surface area contributed by atoms with Gasteiger partial charge in [-0.25, -0.2) is 0 Å². The summed E-state index contributed by atoms with van der Waals surface area (Å²) in [5.41, 5.74) is 5.21. The summed E-state index contributed by atoms with van der Waals surface area (Å²) in [5.74, 6) is -1.60. The fourth-order valence-corrected chi connectivity index (χ4v) is 2.16. The molecule has 0 bridgehead atoms. The van der Waals surface area contributed by atoms with Crippen molar-refractivity contribution in [3.05, 3.63) is 11.3 Å². The van der Waals surface area contributed by atoms with E-state index in [0.717, 1.165) is 12.8 Å². The van der Waals surface area contributed by atoms with Crippen LogP contribution in [0.2, 0.25) is 0 Å². The molecule has 76 valence electrons. The second kappa shape index (κ2) is 3.01. The van der Waals surface area contributed by atoms with Crippen molar-refractivity contribution in [2.24, 2.45) is 5.73 Å². The third kappa shape index (κ3) is 1.08. The van der Waals surface area contributed by atoms with Gasteiger partial charge in [-0.2, -0.15) is 0 Å². The molecule has 0 spiro atoms. The maximum absolute atomic E-state index is 11.5. The summed E-state index contributed by atoms with van der Waals surface area (Å²) in [5, 5.41) is 9.45. The zero-order chi connectivity index (χ0) is 10.3. The molecule has 0 saturated carbocycles. The van der Waals surface area contributed by atoms with E-state index in [9.17, 15) is 14.7 Å². The molecule has 0 radical (unpaired) electrons. The average Bonchev–Trinajstić information content (AvgIpc) is 2.41. The molecule has 2 heterocycles. The number of amides is 2. The third-order valence-electron chi connectivity index (χ3n) is 2.82. The molecule has 2 rings (SSSR count). The molecule has 0 aromatic carbocycles. The maximum atomic E-state index is 11.5. The van der Waals surface area contributed by atoms with Crippen molar-refractivity contribution >= 4 is 11.8 Å². The Hall–Kier alpha value is -1.52. The quantitative estimate of drug-likeness (QED) is 0.602. The first-order valence-electron chi connectivity index (χ1n) is 4.67. The average molecular weight is 196 g/mol. The predicted molar refractivity (Wildman–Crippen MR) is 48.2 cm³/mol. The Kier molecular flexibility index (Phi) is 1.94. The standard InChI is InChI=1S/C9H12N2O3/c10-8(13)6-5-3-1-2-4-11(5)9(14)7(6)12/h5,12H,1-4H2,(H2,10,13). The number of rotatable bonds is 1. The third-order valence-corrected chi connectivity index (χ3v) is 2.82. The molecule has 5 nitrogen and oxygen atoms in total. The largest absolute Gasteiger partial charge is 0.503 e. The number of primary amides is 1. The zero-order valence-corrected chi connectivity index (χ0v) is 7.69. The molecule has 0 aromatic rings. The highest BCUT2D eigenvalue weighted by Gasteiger charge is 2.42. The monoisotopic (exact) mass is 196 g/mol. The minimum absolute atomic E-state index is 0.0923. The summed E-state index contributed by atoms with van der Waals surface area (Å²) in [6.07, 6.45) is 2.59. The van der Waals surface area contributed by atoms with Crippen LogP contribution in [0.1, 0.15) is 19.3 Å². The van der Waals surface area contributed by atoms with Crippen LogP contribution in [0, 0.1) is 0 Å². The fraction of sp³-hybridized carbons (Fsp3) is 0.556. The number of fused-ring (bicyclic) bond motifs is 1. The molecule has 5 heteroatoms. The van der Waals surface area contributed by atoms with Gasteiger partial charge in [-0.05, 0) is 19.3 Å². The molecule has 0 aliphatic carbocycles. The van der Waals surface area contributed by atoms with Crippen LogP contribution in [0.3, 0.4) is 0 Å². The van der Waals surface area contributed by atoms with Crippen molar-refractivity contribution in [3.8, 4) is 0 Å². The summed E-state index contributed by atoms with van der Waals surface area (Å²) < 4.78 is 0. The number of nitrogens with two attached hydrogens (primary N) is 1. The van der Waals surface area contributed by atoms with Crippen molar-refractivity contribution < 1.29 is 14.7 Å². The van der Waals surface area contributed by atoms with E-state index in [0.29, 0.717) is 13.0 Å². The molecule has 3 N–H and O–H groups in total. The number of aliphatic hydroxyl groups is 1. The van der Waals surface area contributed by atoms with E-state index in [-0.39, 0.29) is 11.6 Å². The molecule has 1 unspecified atom stereocenters. The molecule has 1 atom stereocenters. The lowest BCUT2D eigenvalue weighted by Gasteiger charge is -2.30. The van der Waals surface area contributed by atoms with Crippen LogP contribution < -0.4 is 5.73 Å². The summed E-state index contributed by atoms with van der Waals surface area (Å²) >= 11 is 0. The molecule has 1 saturated heterocycles. The van der Waals surface area contributed by atoms with Crippen LogP contribution in [0.4, 0.5) is 0 Å². The Morgan fingerprint density at radius 3 is 2.86 bits per heavy atom. The SMILES string of the molecule is NC(=O)C1=C(O)C(=O)N2CCCCC12. The fourth-order valence-electron chi connectivity index (χ4n) is 2.16.